The van der Waals surface area contributed by atoms with Crippen LogP contribution < -0.4 is 20.1 Å². The lowest BCUT2D eigenvalue weighted by Crippen LogP contribution is -2.29. The predicted octanol–water partition coefficient (Wildman–Crippen LogP) is 4.32. The number of rotatable bonds is 5. The van der Waals surface area contributed by atoms with Crippen molar-refractivity contribution in [3.05, 3.63) is 52.0 Å². The Bertz CT molecular complexity index is 802. The zero-order chi connectivity index (χ0) is 18.1. The van der Waals surface area contributed by atoms with Gasteiger partial charge in [-0.05, 0) is 36.4 Å². The Kier molecular flexibility index (Phi) is 7.45. The molecule has 0 fully saturated rings. The summed E-state index contributed by atoms with van der Waals surface area (Å²) in [6, 6.07) is 12.1. The number of hydrogen-bond acceptors (Lipinski definition) is 3. The Morgan fingerprint density at radius 1 is 1.24 bits per heavy atom. The maximum atomic E-state index is 11.9. The van der Waals surface area contributed by atoms with Gasteiger partial charge in [0, 0.05) is 9.50 Å². The molecule has 0 bridgehead atoms. The van der Waals surface area contributed by atoms with Gasteiger partial charge in [0.25, 0.3) is 0 Å². The highest BCUT2D eigenvalue weighted by Gasteiger charge is 2.07. The van der Waals surface area contributed by atoms with Crippen LogP contribution in [0.4, 0.5) is 10.5 Å². The molecule has 2 amide bonds. The van der Waals surface area contributed by atoms with E-state index >= 15 is 0 Å². The second-order valence-electron chi connectivity index (χ2n) is 4.75. The van der Waals surface area contributed by atoms with Crippen molar-refractivity contribution < 1.29 is 14.3 Å². The summed E-state index contributed by atoms with van der Waals surface area (Å²) in [6.45, 7) is 0.429. The third-order valence-electron chi connectivity index (χ3n) is 2.98. The highest BCUT2D eigenvalue weighted by Crippen LogP contribution is 2.27. The number of carbonyl (C=O) groups is 1. The zero-order valence-corrected chi connectivity index (χ0v) is 15.8. The number of amides is 2. The number of hydrogen-bond donors (Lipinski definition) is 2. The minimum absolute atomic E-state index is 0.191. The lowest BCUT2D eigenvalue weighted by molar-refractivity contribution is 0.253. The molecule has 2 aromatic rings. The summed E-state index contributed by atoms with van der Waals surface area (Å²) in [4.78, 5) is 11.9. The summed E-state index contributed by atoms with van der Waals surface area (Å²) < 4.78 is 11.6. The minimum atomic E-state index is -0.400. The fourth-order valence-electron chi connectivity index (χ4n) is 1.86. The summed E-state index contributed by atoms with van der Waals surface area (Å²) in [7, 11) is 1.52. The van der Waals surface area contributed by atoms with Crippen molar-refractivity contribution in [2.45, 2.75) is 0 Å². The molecule has 130 valence electrons. The molecule has 5 nitrogen and oxygen atoms in total. The zero-order valence-electron chi connectivity index (χ0n) is 13.4. The van der Waals surface area contributed by atoms with E-state index in [4.69, 9.17) is 21.1 Å². The van der Waals surface area contributed by atoms with Crippen molar-refractivity contribution in [2.75, 3.05) is 25.6 Å². The first-order valence-electron chi connectivity index (χ1n) is 7.31. The van der Waals surface area contributed by atoms with Gasteiger partial charge in [0.1, 0.15) is 18.1 Å². The Balaban J connectivity index is 1.75. The van der Waals surface area contributed by atoms with Gasteiger partial charge in [-0.15, -0.1) is 0 Å². The molecule has 0 aliphatic heterocycles. The van der Waals surface area contributed by atoms with E-state index in [2.05, 4.69) is 38.4 Å². The Morgan fingerprint density at radius 2 is 2.08 bits per heavy atom. The highest BCUT2D eigenvalue weighted by atomic mass is 79.9. The van der Waals surface area contributed by atoms with E-state index in [1.807, 2.05) is 24.3 Å². The van der Waals surface area contributed by atoms with Gasteiger partial charge in [-0.25, -0.2) is 4.79 Å². The number of urea groups is 1. The third-order valence-corrected chi connectivity index (χ3v) is 3.71. The average Bonchev–Trinajstić information content (AvgIpc) is 2.58. The van der Waals surface area contributed by atoms with Crippen molar-refractivity contribution in [3.63, 3.8) is 0 Å². The Labute approximate surface area is 159 Å². The maximum absolute atomic E-state index is 11.9. The molecular formula is C18H16BrClN2O3. The Hall–Kier alpha value is -2.36. The van der Waals surface area contributed by atoms with E-state index < -0.39 is 6.03 Å². The highest BCUT2D eigenvalue weighted by molar-refractivity contribution is 9.10. The standard InChI is InChI=1S/C18H16BrClN2O3/c1-24-17-8-7-14(20)12-16(17)22-18(23)21-9-2-3-10-25-15-6-4-5-13(19)11-15/h4-8,11-12H,9-10H2,1H3,(H2,21,22,23). The first-order valence-corrected chi connectivity index (χ1v) is 8.48. The maximum Gasteiger partial charge on any atom is 0.320 e. The average molecular weight is 424 g/mol. The quantitative estimate of drug-likeness (QED) is 0.704. The SMILES string of the molecule is COc1ccc(Cl)cc1NC(=O)NCC#CCOc1cccc(Br)c1. The van der Waals surface area contributed by atoms with Crippen LogP contribution in [-0.4, -0.2) is 26.3 Å². The van der Waals surface area contributed by atoms with Crippen molar-refractivity contribution in [1.29, 1.82) is 0 Å². The van der Waals surface area contributed by atoms with Crippen molar-refractivity contribution in [3.8, 4) is 23.3 Å². The van der Waals surface area contributed by atoms with Crippen LogP contribution in [0.5, 0.6) is 11.5 Å². The van der Waals surface area contributed by atoms with Gasteiger partial charge in [0.15, 0.2) is 0 Å². The molecule has 2 aromatic carbocycles. The molecule has 0 saturated heterocycles. The molecule has 2 N–H and O–H groups in total. The largest absolute Gasteiger partial charge is 0.495 e. The Morgan fingerprint density at radius 3 is 2.84 bits per heavy atom. The summed E-state index contributed by atoms with van der Waals surface area (Å²) in [6.07, 6.45) is 0. The van der Waals surface area contributed by atoms with Crippen LogP contribution in [0.15, 0.2) is 46.9 Å². The van der Waals surface area contributed by atoms with Crippen LogP contribution >= 0.6 is 27.5 Å². The van der Waals surface area contributed by atoms with Crippen molar-refractivity contribution in [2.24, 2.45) is 0 Å². The number of benzene rings is 2. The van der Waals surface area contributed by atoms with Gasteiger partial charge >= 0.3 is 6.03 Å². The molecule has 2 rings (SSSR count). The fourth-order valence-corrected chi connectivity index (χ4v) is 2.41. The lowest BCUT2D eigenvalue weighted by Gasteiger charge is -2.10. The molecule has 25 heavy (non-hydrogen) atoms. The molecule has 0 atom stereocenters. The second kappa shape index (κ2) is 9.82. The van der Waals surface area contributed by atoms with Gasteiger partial charge < -0.3 is 20.1 Å². The molecule has 0 aliphatic rings. The second-order valence-corrected chi connectivity index (χ2v) is 6.10. The van der Waals surface area contributed by atoms with E-state index in [1.54, 1.807) is 18.2 Å². The van der Waals surface area contributed by atoms with Crippen LogP contribution in [-0.2, 0) is 0 Å². The van der Waals surface area contributed by atoms with Crippen molar-refractivity contribution >= 4 is 39.2 Å². The van der Waals surface area contributed by atoms with E-state index in [9.17, 15) is 4.79 Å². The number of ether oxygens (including phenoxy) is 2. The number of methoxy groups -OCH3 is 1. The van der Waals surface area contributed by atoms with Gasteiger partial charge in [-0.2, -0.15) is 0 Å². The van der Waals surface area contributed by atoms with Gasteiger partial charge in [-0.1, -0.05) is 45.4 Å². The molecule has 0 aromatic heterocycles. The predicted molar refractivity (Wildman–Crippen MR) is 102 cm³/mol. The topological polar surface area (TPSA) is 59.6 Å². The normalized spacial score (nSPS) is 9.56. The number of nitrogens with one attached hydrogen (secondary N) is 2. The minimum Gasteiger partial charge on any atom is -0.495 e. The fraction of sp³-hybridized carbons (Fsp3) is 0.167. The van der Waals surface area contributed by atoms with Crippen LogP contribution in [0.1, 0.15) is 0 Å². The lowest BCUT2D eigenvalue weighted by atomic mass is 10.3. The van der Waals surface area contributed by atoms with E-state index in [-0.39, 0.29) is 13.2 Å². The molecule has 0 spiro atoms. The molecule has 0 aliphatic carbocycles. The number of anilines is 1. The van der Waals surface area contributed by atoms with Crippen LogP contribution in [0, 0.1) is 11.8 Å². The summed E-state index contributed by atoms with van der Waals surface area (Å²) >= 11 is 9.28. The first kappa shape index (κ1) is 19.0. The molecule has 0 heterocycles. The third kappa shape index (κ3) is 6.57. The molecular weight excluding hydrogens is 408 g/mol. The van der Waals surface area contributed by atoms with E-state index in [0.29, 0.717) is 16.5 Å². The van der Waals surface area contributed by atoms with E-state index in [1.165, 1.54) is 7.11 Å². The molecule has 7 heteroatoms. The number of halogens is 2. The van der Waals surface area contributed by atoms with Crippen LogP contribution in [0.3, 0.4) is 0 Å². The summed E-state index contributed by atoms with van der Waals surface area (Å²) in [5.41, 5.74) is 0.485. The van der Waals surface area contributed by atoms with Crippen molar-refractivity contribution in [1.82, 2.24) is 5.32 Å². The first-order chi connectivity index (χ1) is 12.1. The molecule has 0 unspecified atom stereocenters. The summed E-state index contributed by atoms with van der Waals surface area (Å²) in [5.74, 6) is 6.89. The monoisotopic (exact) mass is 422 g/mol. The van der Waals surface area contributed by atoms with Gasteiger partial charge in [0.2, 0.25) is 0 Å². The number of carbonyl (C=O) groups excluding carboxylic acids is 1. The van der Waals surface area contributed by atoms with Gasteiger partial charge in [0.05, 0.1) is 19.3 Å². The van der Waals surface area contributed by atoms with Crippen LogP contribution in [0.2, 0.25) is 5.02 Å². The summed E-state index contributed by atoms with van der Waals surface area (Å²) in [5, 5.41) is 5.79. The van der Waals surface area contributed by atoms with Gasteiger partial charge in [-0.3, -0.25) is 0 Å². The molecule has 0 saturated carbocycles. The smallest absolute Gasteiger partial charge is 0.320 e. The molecule has 0 radical (unpaired) electrons. The van der Waals surface area contributed by atoms with E-state index in [0.717, 1.165) is 10.2 Å². The van der Waals surface area contributed by atoms with Crippen LogP contribution in [0.25, 0.3) is 0 Å².